The molecule has 3 aromatic heterocycles. The van der Waals surface area contributed by atoms with E-state index in [4.69, 9.17) is 0 Å². The van der Waals surface area contributed by atoms with Gasteiger partial charge in [-0.25, -0.2) is 29.9 Å². The molecular formula is C46H35Br5N6O3. The number of nitrogens with zero attached hydrogens (tertiary/aromatic N) is 6. The van der Waals surface area contributed by atoms with E-state index in [2.05, 4.69) is 130 Å². The van der Waals surface area contributed by atoms with Crippen LogP contribution < -0.4 is 0 Å². The molecule has 0 radical (unpaired) electrons. The summed E-state index contributed by atoms with van der Waals surface area (Å²) in [4.78, 5) is 27.5. The summed E-state index contributed by atoms with van der Waals surface area (Å²) in [7, 11) is 0. The highest BCUT2D eigenvalue weighted by atomic mass is 79.9. The second kappa shape index (κ2) is 19.0. The molecule has 0 saturated heterocycles. The molecule has 60 heavy (non-hydrogen) atoms. The van der Waals surface area contributed by atoms with E-state index in [0.29, 0.717) is 44.9 Å². The molecule has 0 saturated carbocycles. The van der Waals surface area contributed by atoms with Crippen LogP contribution in [0.2, 0.25) is 0 Å². The van der Waals surface area contributed by atoms with Gasteiger partial charge in [0.1, 0.15) is 39.1 Å². The largest absolute Gasteiger partial charge is 0.505 e. The zero-order valence-corrected chi connectivity index (χ0v) is 40.0. The van der Waals surface area contributed by atoms with Crippen LogP contribution in [-0.4, -0.2) is 45.2 Å². The molecule has 9 nitrogen and oxygen atoms in total. The van der Waals surface area contributed by atoms with E-state index in [1.165, 1.54) is 0 Å². The summed E-state index contributed by atoms with van der Waals surface area (Å²) in [6.45, 7) is 9.56. The molecular weight excluding hydrogens is 1080 g/mol. The minimum absolute atomic E-state index is 0.154. The maximum absolute atomic E-state index is 10.4. The number of aromatic hydroxyl groups is 3. The molecule has 3 N–H and O–H groups in total. The number of para-hydroxylation sites is 4. The molecule has 0 atom stereocenters. The van der Waals surface area contributed by atoms with Crippen molar-refractivity contribution in [2.24, 2.45) is 0 Å². The monoisotopic (exact) mass is 1110 g/mol. The lowest BCUT2D eigenvalue weighted by Crippen LogP contribution is -1.95. The van der Waals surface area contributed by atoms with Gasteiger partial charge in [-0.2, -0.15) is 0 Å². The van der Waals surface area contributed by atoms with E-state index in [0.717, 1.165) is 92.5 Å². The molecule has 0 amide bonds. The SMILES string of the molecule is C=CCc1cc(Br)c2nc3cc(Br)c(Br)cc3nc2c1O.C=CCc1cc(Br)c2nc3ccccc3nc2c1O.CCCCc1cc(Br)c(O)c2nc3ccccc3nc12. The first-order chi connectivity index (χ1) is 28.9. The second-order valence-corrected chi connectivity index (χ2v) is 18.0. The van der Waals surface area contributed by atoms with Gasteiger partial charge in [0, 0.05) is 29.0 Å². The van der Waals surface area contributed by atoms with Crippen LogP contribution in [-0.2, 0) is 19.3 Å². The summed E-state index contributed by atoms with van der Waals surface area (Å²) < 4.78 is 4.12. The molecule has 3 heterocycles. The standard InChI is InChI=1S/C16H15BrN2O.C15H9Br3N2O.C15H11BrN2O/c1-2-3-6-10-9-11(17)16(20)15-14(10)18-12-7-4-5-8-13(12)19-15;1-2-3-7-4-10(18)13-14(15(7)21)20-12-6-9(17)8(16)5-11(12)19-13;1-2-5-9-8-10(16)13-14(15(9)19)18-12-7-4-3-6-11(12)17-13/h4-5,7-9,20H,2-3,6H2,1H3;2,4-6,21H,1,3H2;2-4,6-8,19H,1,5H2. The first-order valence-electron chi connectivity index (χ1n) is 18.7. The number of unbranched alkanes of at least 4 members (excludes halogenated alkanes) is 1. The average Bonchev–Trinajstić information content (AvgIpc) is 3.25. The quantitative estimate of drug-likeness (QED) is 0.105. The lowest BCUT2D eigenvalue weighted by atomic mass is 10.1. The Morgan fingerprint density at radius 1 is 0.450 bits per heavy atom. The Bertz CT molecular complexity index is 3150. The van der Waals surface area contributed by atoms with Crippen LogP contribution in [0, 0.1) is 0 Å². The average molecular weight is 1120 g/mol. The first kappa shape index (κ1) is 43.5. The lowest BCUT2D eigenvalue weighted by molar-refractivity contribution is 0.474. The van der Waals surface area contributed by atoms with E-state index in [1.54, 1.807) is 12.2 Å². The van der Waals surface area contributed by atoms with Gasteiger partial charge in [0.25, 0.3) is 0 Å². The topological polar surface area (TPSA) is 138 Å². The van der Waals surface area contributed by atoms with Crippen molar-refractivity contribution in [3.63, 3.8) is 0 Å². The normalized spacial score (nSPS) is 11.2. The number of hydrogen-bond acceptors (Lipinski definition) is 9. The Balaban J connectivity index is 0.000000136. The minimum Gasteiger partial charge on any atom is -0.505 e. The molecule has 6 aromatic carbocycles. The van der Waals surface area contributed by atoms with E-state index in [1.807, 2.05) is 78.9 Å². The lowest BCUT2D eigenvalue weighted by Gasteiger charge is -2.09. The van der Waals surface area contributed by atoms with Crippen LogP contribution in [0.4, 0.5) is 0 Å². The molecule has 0 bridgehead atoms. The van der Waals surface area contributed by atoms with Gasteiger partial charge in [0.2, 0.25) is 0 Å². The summed E-state index contributed by atoms with van der Waals surface area (Å²) in [5.74, 6) is 0.497. The van der Waals surface area contributed by atoms with E-state index < -0.39 is 0 Å². The van der Waals surface area contributed by atoms with Gasteiger partial charge in [0.15, 0.2) is 5.75 Å². The first-order valence-corrected chi connectivity index (χ1v) is 22.7. The Labute approximate surface area is 387 Å². The van der Waals surface area contributed by atoms with Gasteiger partial charge < -0.3 is 15.3 Å². The van der Waals surface area contributed by atoms with Crippen molar-refractivity contribution >= 4 is 146 Å². The van der Waals surface area contributed by atoms with Crippen molar-refractivity contribution in [3.05, 3.63) is 143 Å². The van der Waals surface area contributed by atoms with Crippen molar-refractivity contribution in [1.82, 2.24) is 29.9 Å². The third-order valence-electron chi connectivity index (χ3n) is 9.54. The molecule has 0 unspecified atom stereocenters. The second-order valence-electron chi connectivity index (χ2n) is 13.7. The predicted molar refractivity (Wildman–Crippen MR) is 261 cm³/mol. The molecule has 9 rings (SSSR count). The number of rotatable bonds is 7. The molecule has 14 heteroatoms. The molecule has 0 aliphatic carbocycles. The minimum atomic E-state index is 0.154. The molecule has 0 fully saturated rings. The van der Waals surface area contributed by atoms with Crippen molar-refractivity contribution in [2.45, 2.75) is 39.0 Å². The molecule has 302 valence electrons. The molecule has 0 aliphatic heterocycles. The van der Waals surface area contributed by atoms with Crippen LogP contribution in [0.3, 0.4) is 0 Å². The number of phenolic OH excluding ortho intramolecular Hbond substituents is 3. The van der Waals surface area contributed by atoms with E-state index in [-0.39, 0.29) is 17.2 Å². The highest BCUT2D eigenvalue weighted by molar-refractivity contribution is 9.13. The van der Waals surface area contributed by atoms with Gasteiger partial charge in [-0.15, -0.1) is 13.2 Å². The Hall–Kier alpha value is -4.60. The highest BCUT2D eigenvalue weighted by Crippen LogP contribution is 2.37. The van der Waals surface area contributed by atoms with E-state index in [9.17, 15) is 15.3 Å². The number of allylic oxidation sites excluding steroid dienone is 2. The number of benzene rings is 6. The highest BCUT2D eigenvalue weighted by Gasteiger charge is 2.16. The fraction of sp³-hybridized carbons (Fsp3) is 0.130. The van der Waals surface area contributed by atoms with Gasteiger partial charge in [0.05, 0.1) is 43.1 Å². The van der Waals surface area contributed by atoms with Crippen molar-refractivity contribution in [1.29, 1.82) is 0 Å². The number of hydrogen-bond donors (Lipinski definition) is 3. The molecule has 9 aromatic rings. The van der Waals surface area contributed by atoms with Crippen LogP contribution in [0.5, 0.6) is 17.2 Å². The third-order valence-corrected chi connectivity index (χ3v) is 13.2. The number of halogens is 5. The van der Waals surface area contributed by atoms with Crippen LogP contribution in [0.15, 0.2) is 127 Å². The van der Waals surface area contributed by atoms with Crippen LogP contribution in [0.1, 0.15) is 36.5 Å². The summed E-state index contributed by atoms with van der Waals surface area (Å²) in [6, 6.07) is 24.8. The summed E-state index contributed by atoms with van der Waals surface area (Å²) in [6.07, 6.45) is 7.83. The van der Waals surface area contributed by atoms with E-state index >= 15 is 0 Å². The van der Waals surface area contributed by atoms with Gasteiger partial charge in [-0.3, -0.25) is 0 Å². The third kappa shape index (κ3) is 9.03. The maximum atomic E-state index is 10.4. The van der Waals surface area contributed by atoms with Gasteiger partial charge in [-0.05, 0) is 165 Å². The zero-order chi connectivity index (χ0) is 42.7. The number of aryl methyl sites for hydroxylation is 1. The molecule has 0 spiro atoms. The summed E-state index contributed by atoms with van der Waals surface area (Å²) in [5.41, 5.74) is 11.1. The van der Waals surface area contributed by atoms with Gasteiger partial charge >= 0.3 is 0 Å². The zero-order valence-electron chi connectivity index (χ0n) is 32.0. The smallest absolute Gasteiger partial charge is 0.157 e. The number of phenols is 3. The van der Waals surface area contributed by atoms with Gasteiger partial charge in [-0.1, -0.05) is 49.8 Å². The van der Waals surface area contributed by atoms with Crippen molar-refractivity contribution in [3.8, 4) is 17.2 Å². The van der Waals surface area contributed by atoms with Crippen molar-refractivity contribution in [2.75, 3.05) is 0 Å². The molecule has 0 aliphatic rings. The Morgan fingerprint density at radius 3 is 1.25 bits per heavy atom. The number of fused-ring (bicyclic) bond motifs is 6. The van der Waals surface area contributed by atoms with Crippen molar-refractivity contribution < 1.29 is 15.3 Å². The predicted octanol–water partition coefficient (Wildman–Crippen LogP) is 14.1. The fourth-order valence-electron chi connectivity index (χ4n) is 6.57. The van der Waals surface area contributed by atoms with Crippen LogP contribution in [0.25, 0.3) is 66.2 Å². The fourth-order valence-corrected chi connectivity index (χ4v) is 8.80. The number of aromatic nitrogens is 6. The Kier molecular flexibility index (Phi) is 13.8. The maximum Gasteiger partial charge on any atom is 0.157 e. The summed E-state index contributed by atoms with van der Waals surface area (Å²) in [5, 5.41) is 30.9. The summed E-state index contributed by atoms with van der Waals surface area (Å²) >= 11 is 17.3. The Morgan fingerprint density at radius 2 is 0.817 bits per heavy atom. The van der Waals surface area contributed by atoms with Crippen LogP contribution >= 0.6 is 79.6 Å².